The van der Waals surface area contributed by atoms with Crippen LogP contribution in [0.5, 0.6) is 11.5 Å². The molecule has 0 aliphatic rings. The summed E-state index contributed by atoms with van der Waals surface area (Å²) in [7, 11) is 1.25. The second-order valence-electron chi connectivity index (χ2n) is 6.56. The number of halogens is 2. The van der Waals surface area contributed by atoms with Crippen LogP contribution in [0.2, 0.25) is 0 Å². The Morgan fingerprint density at radius 2 is 1.62 bits per heavy atom. The second-order valence-corrected chi connectivity index (χ2v) is 6.56. The molecular weight excluding hydrogens is 384 g/mol. The summed E-state index contributed by atoms with van der Waals surface area (Å²) in [6.45, 7) is 2.54. The van der Waals surface area contributed by atoms with E-state index in [1.165, 1.54) is 32.2 Å². The molecule has 2 rings (SSSR count). The molecular formula is C21H23F2NO5. The van der Waals surface area contributed by atoms with Crippen molar-refractivity contribution in [1.82, 2.24) is 0 Å². The van der Waals surface area contributed by atoms with E-state index in [0.717, 1.165) is 5.56 Å². The number of alkyl halides is 2. The van der Waals surface area contributed by atoms with Crippen molar-refractivity contribution < 1.29 is 32.6 Å². The van der Waals surface area contributed by atoms with E-state index in [2.05, 4.69) is 23.9 Å². The van der Waals surface area contributed by atoms with E-state index in [1.54, 1.807) is 12.1 Å². The Hall–Kier alpha value is -3.16. The van der Waals surface area contributed by atoms with Crippen LogP contribution < -0.4 is 14.8 Å². The van der Waals surface area contributed by atoms with Crippen molar-refractivity contribution in [3.8, 4) is 11.5 Å². The molecule has 0 aromatic heterocycles. The highest BCUT2D eigenvalue weighted by Crippen LogP contribution is 2.29. The molecule has 0 aliphatic heterocycles. The van der Waals surface area contributed by atoms with E-state index in [9.17, 15) is 18.4 Å². The highest BCUT2D eigenvalue weighted by molar-refractivity contribution is 5.97. The number of carbonyl (C=O) groups is 2. The number of methoxy groups -OCH3 is 1. The lowest BCUT2D eigenvalue weighted by Gasteiger charge is -2.15. The molecule has 2 aromatic rings. The summed E-state index contributed by atoms with van der Waals surface area (Å²) in [5.74, 6) is -1.20. The summed E-state index contributed by atoms with van der Waals surface area (Å²) >= 11 is 0. The van der Waals surface area contributed by atoms with Crippen molar-refractivity contribution in [3.05, 3.63) is 53.6 Å². The van der Waals surface area contributed by atoms with E-state index >= 15 is 0 Å². The molecule has 0 radical (unpaired) electrons. The van der Waals surface area contributed by atoms with Gasteiger partial charge in [-0.3, -0.25) is 4.79 Å². The van der Waals surface area contributed by atoms with Crippen LogP contribution >= 0.6 is 0 Å². The number of benzene rings is 2. The third-order valence-corrected chi connectivity index (χ3v) is 4.11. The number of rotatable bonds is 8. The van der Waals surface area contributed by atoms with Gasteiger partial charge >= 0.3 is 12.6 Å². The Morgan fingerprint density at radius 3 is 2.17 bits per heavy atom. The molecule has 1 amide bonds. The lowest BCUT2D eigenvalue weighted by atomic mass is 10.0. The lowest BCUT2D eigenvalue weighted by Crippen LogP contribution is -2.30. The predicted octanol–water partition coefficient (Wildman–Crippen LogP) is 4.60. The molecule has 1 atom stereocenters. The van der Waals surface area contributed by atoms with Gasteiger partial charge in [0.2, 0.25) is 0 Å². The zero-order chi connectivity index (χ0) is 21.6. The molecule has 29 heavy (non-hydrogen) atoms. The van der Waals surface area contributed by atoms with Gasteiger partial charge in [-0.05, 0) is 48.7 Å². The number of amides is 1. The Labute approximate surface area is 167 Å². The average Bonchev–Trinajstić information content (AvgIpc) is 2.68. The van der Waals surface area contributed by atoms with Crippen LogP contribution in [0.1, 0.15) is 42.6 Å². The van der Waals surface area contributed by atoms with Crippen molar-refractivity contribution in [3.63, 3.8) is 0 Å². The Morgan fingerprint density at radius 1 is 0.966 bits per heavy atom. The minimum absolute atomic E-state index is 0.0319. The third kappa shape index (κ3) is 6.17. The first kappa shape index (κ1) is 22.1. The number of esters is 1. The van der Waals surface area contributed by atoms with Crippen LogP contribution in [-0.4, -0.2) is 31.7 Å². The molecule has 0 saturated heterocycles. The highest BCUT2D eigenvalue weighted by Gasteiger charge is 2.21. The maximum Gasteiger partial charge on any atom is 0.387 e. The summed E-state index contributed by atoms with van der Waals surface area (Å²) in [6, 6.07) is 11.0. The maximum absolute atomic E-state index is 12.4. The van der Waals surface area contributed by atoms with E-state index in [0.29, 0.717) is 11.6 Å². The van der Waals surface area contributed by atoms with Gasteiger partial charge in [0.15, 0.2) is 17.6 Å². The van der Waals surface area contributed by atoms with Crippen molar-refractivity contribution >= 4 is 17.6 Å². The van der Waals surface area contributed by atoms with Crippen LogP contribution in [0.4, 0.5) is 14.5 Å². The monoisotopic (exact) mass is 407 g/mol. The van der Waals surface area contributed by atoms with Crippen molar-refractivity contribution in [1.29, 1.82) is 0 Å². The summed E-state index contributed by atoms with van der Waals surface area (Å²) in [4.78, 5) is 24.6. The molecule has 0 spiro atoms. The standard InChI is InChI=1S/C21H23F2NO5/c1-12(2)14-5-8-16(9-6-14)24-19(25)13(3)28-20(26)15-7-10-17(29-21(22)23)18(11-15)27-4/h5-13,21H,1-4H3,(H,24,25)/t13-/m1/s1. The Balaban J connectivity index is 2.01. The third-order valence-electron chi connectivity index (χ3n) is 4.11. The zero-order valence-electron chi connectivity index (χ0n) is 16.6. The van der Waals surface area contributed by atoms with E-state index in [4.69, 9.17) is 9.47 Å². The van der Waals surface area contributed by atoms with Crippen molar-refractivity contribution in [2.45, 2.75) is 39.4 Å². The SMILES string of the molecule is COc1cc(C(=O)O[C@H](C)C(=O)Nc2ccc(C(C)C)cc2)ccc1OC(F)F. The topological polar surface area (TPSA) is 73.9 Å². The molecule has 0 aliphatic carbocycles. The number of carbonyl (C=O) groups excluding carboxylic acids is 2. The summed E-state index contributed by atoms with van der Waals surface area (Å²) in [5, 5.41) is 2.67. The molecule has 0 unspecified atom stereocenters. The predicted molar refractivity (Wildman–Crippen MR) is 104 cm³/mol. The summed E-state index contributed by atoms with van der Waals surface area (Å²) in [5.41, 5.74) is 1.75. The minimum atomic E-state index is -3.03. The van der Waals surface area contributed by atoms with Gasteiger partial charge < -0.3 is 19.5 Å². The van der Waals surface area contributed by atoms with Gasteiger partial charge in [-0.1, -0.05) is 26.0 Å². The summed E-state index contributed by atoms with van der Waals surface area (Å²) in [6.07, 6.45) is -1.07. The summed E-state index contributed by atoms with van der Waals surface area (Å²) < 4.78 is 39.2. The maximum atomic E-state index is 12.4. The van der Waals surface area contributed by atoms with Crippen LogP contribution in [-0.2, 0) is 9.53 Å². The van der Waals surface area contributed by atoms with Crippen LogP contribution in [0, 0.1) is 0 Å². The Bertz CT molecular complexity index is 853. The lowest BCUT2D eigenvalue weighted by molar-refractivity contribution is -0.123. The van der Waals surface area contributed by atoms with Crippen LogP contribution in [0.15, 0.2) is 42.5 Å². The fraction of sp³-hybridized carbons (Fsp3) is 0.333. The molecule has 6 nitrogen and oxygen atoms in total. The number of nitrogens with one attached hydrogen (secondary N) is 1. The van der Waals surface area contributed by atoms with Crippen molar-refractivity contribution in [2.24, 2.45) is 0 Å². The highest BCUT2D eigenvalue weighted by atomic mass is 19.3. The average molecular weight is 407 g/mol. The molecule has 0 saturated carbocycles. The molecule has 156 valence electrons. The largest absolute Gasteiger partial charge is 0.493 e. The van der Waals surface area contributed by atoms with Gasteiger partial charge in [0.1, 0.15) is 0 Å². The van der Waals surface area contributed by atoms with Crippen molar-refractivity contribution in [2.75, 3.05) is 12.4 Å². The molecule has 0 fully saturated rings. The molecule has 1 N–H and O–H groups in total. The van der Waals surface area contributed by atoms with Gasteiger partial charge in [0.05, 0.1) is 12.7 Å². The first-order valence-electron chi connectivity index (χ1n) is 8.96. The molecule has 0 heterocycles. The van der Waals surface area contributed by atoms with Gasteiger partial charge in [-0.25, -0.2) is 4.79 Å². The molecule has 0 bridgehead atoms. The van der Waals surface area contributed by atoms with Gasteiger partial charge in [0.25, 0.3) is 5.91 Å². The second kappa shape index (κ2) is 9.86. The molecule has 2 aromatic carbocycles. The smallest absolute Gasteiger partial charge is 0.387 e. The normalized spacial score (nSPS) is 11.9. The first-order valence-corrected chi connectivity index (χ1v) is 8.96. The fourth-order valence-electron chi connectivity index (χ4n) is 2.47. The first-order chi connectivity index (χ1) is 13.7. The zero-order valence-corrected chi connectivity index (χ0v) is 16.6. The number of ether oxygens (including phenoxy) is 3. The van der Waals surface area contributed by atoms with Crippen LogP contribution in [0.3, 0.4) is 0 Å². The minimum Gasteiger partial charge on any atom is -0.493 e. The van der Waals surface area contributed by atoms with Gasteiger partial charge in [-0.15, -0.1) is 0 Å². The van der Waals surface area contributed by atoms with E-state index in [-0.39, 0.29) is 17.1 Å². The number of anilines is 1. The van der Waals surface area contributed by atoms with E-state index in [1.807, 2.05) is 12.1 Å². The number of hydrogen-bond acceptors (Lipinski definition) is 5. The number of hydrogen-bond donors (Lipinski definition) is 1. The Kier molecular flexibility index (Phi) is 7.52. The molecule has 8 heteroatoms. The van der Waals surface area contributed by atoms with Gasteiger partial charge in [0, 0.05) is 5.69 Å². The fourth-order valence-corrected chi connectivity index (χ4v) is 2.47. The quantitative estimate of drug-likeness (QED) is 0.647. The van der Waals surface area contributed by atoms with Gasteiger partial charge in [-0.2, -0.15) is 8.78 Å². The van der Waals surface area contributed by atoms with E-state index < -0.39 is 24.6 Å². The van der Waals surface area contributed by atoms with Crippen LogP contribution in [0.25, 0.3) is 0 Å².